The maximum atomic E-state index is 12.5. The van der Waals surface area contributed by atoms with Crippen LogP contribution in [0.25, 0.3) is 0 Å². The van der Waals surface area contributed by atoms with Gasteiger partial charge in [0.25, 0.3) is 0 Å². The van der Waals surface area contributed by atoms with Crippen LogP contribution in [0.15, 0.2) is 53.7 Å². The monoisotopic (exact) mass is 467 g/mol. The molecule has 8 nitrogen and oxygen atoms in total. The van der Waals surface area contributed by atoms with Gasteiger partial charge in [0.1, 0.15) is 11.6 Å². The number of aromatic nitrogens is 3. The van der Waals surface area contributed by atoms with Gasteiger partial charge in [-0.25, -0.2) is 0 Å². The highest BCUT2D eigenvalue weighted by atomic mass is 32.2. The van der Waals surface area contributed by atoms with Gasteiger partial charge in [0.2, 0.25) is 11.8 Å². The molecule has 0 saturated heterocycles. The number of hydrogen-bond donors (Lipinski definition) is 2. The lowest BCUT2D eigenvalue weighted by molar-refractivity contribution is -0.116. The molecule has 0 radical (unpaired) electrons. The van der Waals surface area contributed by atoms with E-state index in [2.05, 4.69) is 27.8 Å². The molecule has 0 fully saturated rings. The van der Waals surface area contributed by atoms with Crippen molar-refractivity contribution in [2.75, 3.05) is 23.0 Å². The zero-order valence-corrected chi connectivity index (χ0v) is 19.9. The number of amides is 2. The Morgan fingerprint density at radius 1 is 0.970 bits per heavy atom. The standard InChI is InChI=1S/C24H29N5O3S/c1-4-17-9-7-8-10-20(17)26-23(31)16-33-24-28-27-21(29(24)5-2)15-22(30)25-18-11-13-19(14-12-18)32-6-3/h7-14H,4-6,15-16H2,1-3H3,(H,25,30)(H,26,31). The molecule has 33 heavy (non-hydrogen) atoms. The smallest absolute Gasteiger partial charge is 0.234 e. The van der Waals surface area contributed by atoms with E-state index in [1.807, 2.05) is 54.8 Å². The molecule has 2 N–H and O–H groups in total. The van der Waals surface area contributed by atoms with Crippen molar-refractivity contribution >= 4 is 35.0 Å². The first kappa shape index (κ1) is 24.3. The minimum Gasteiger partial charge on any atom is -0.494 e. The summed E-state index contributed by atoms with van der Waals surface area (Å²) in [6, 6.07) is 15.0. The molecule has 0 atom stereocenters. The number of hydrogen-bond acceptors (Lipinski definition) is 6. The summed E-state index contributed by atoms with van der Waals surface area (Å²) in [5, 5.41) is 14.8. The Labute approximate surface area is 198 Å². The van der Waals surface area contributed by atoms with Gasteiger partial charge in [-0.3, -0.25) is 9.59 Å². The van der Waals surface area contributed by atoms with Crippen molar-refractivity contribution < 1.29 is 14.3 Å². The van der Waals surface area contributed by atoms with E-state index >= 15 is 0 Å². The Hall–Kier alpha value is -3.33. The van der Waals surface area contributed by atoms with Gasteiger partial charge >= 0.3 is 0 Å². The van der Waals surface area contributed by atoms with Crippen molar-refractivity contribution in [1.29, 1.82) is 0 Å². The van der Waals surface area contributed by atoms with Crippen molar-refractivity contribution in [3.63, 3.8) is 0 Å². The van der Waals surface area contributed by atoms with E-state index < -0.39 is 0 Å². The summed E-state index contributed by atoms with van der Waals surface area (Å²) in [6.07, 6.45) is 0.931. The van der Waals surface area contributed by atoms with Crippen LogP contribution < -0.4 is 15.4 Å². The third-order valence-corrected chi connectivity index (χ3v) is 5.85. The van der Waals surface area contributed by atoms with Gasteiger partial charge in [0.05, 0.1) is 18.8 Å². The summed E-state index contributed by atoms with van der Waals surface area (Å²) in [7, 11) is 0. The zero-order valence-electron chi connectivity index (χ0n) is 19.1. The van der Waals surface area contributed by atoms with Crippen LogP contribution in [0, 0.1) is 0 Å². The first-order chi connectivity index (χ1) is 16.0. The van der Waals surface area contributed by atoms with Crippen molar-refractivity contribution in [1.82, 2.24) is 14.8 Å². The molecule has 9 heteroatoms. The van der Waals surface area contributed by atoms with Crippen LogP contribution >= 0.6 is 11.8 Å². The number of carbonyl (C=O) groups excluding carboxylic acids is 2. The fraction of sp³-hybridized carbons (Fsp3) is 0.333. The Bertz CT molecular complexity index is 1080. The van der Waals surface area contributed by atoms with Crippen LogP contribution in [-0.2, 0) is 29.0 Å². The van der Waals surface area contributed by atoms with Crippen LogP contribution in [0.1, 0.15) is 32.2 Å². The summed E-state index contributed by atoms with van der Waals surface area (Å²) < 4.78 is 7.27. The van der Waals surface area contributed by atoms with Gasteiger partial charge in [-0.05, 0) is 56.2 Å². The molecule has 0 aliphatic rings. The summed E-state index contributed by atoms with van der Waals surface area (Å²) in [5.74, 6) is 1.22. The topological polar surface area (TPSA) is 98.1 Å². The van der Waals surface area contributed by atoms with Gasteiger partial charge in [-0.1, -0.05) is 36.9 Å². The van der Waals surface area contributed by atoms with Gasteiger partial charge in [-0.15, -0.1) is 10.2 Å². The molecule has 3 rings (SSSR count). The van der Waals surface area contributed by atoms with Crippen LogP contribution in [-0.4, -0.2) is 38.9 Å². The van der Waals surface area contributed by atoms with E-state index in [4.69, 9.17) is 4.74 Å². The Morgan fingerprint density at radius 2 is 1.73 bits per heavy atom. The third kappa shape index (κ3) is 6.82. The van der Waals surface area contributed by atoms with Crippen molar-refractivity contribution in [2.24, 2.45) is 0 Å². The molecule has 2 amide bonds. The largest absolute Gasteiger partial charge is 0.494 e. The molecule has 0 aliphatic carbocycles. The normalized spacial score (nSPS) is 10.6. The fourth-order valence-corrected chi connectivity index (χ4v) is 4.11. The Morgan fingerprint density at radius 3 is 2.42 bits per heavy atom. The molecule has 1 aromatic heterocycles. The van der Waals surface area contributed by atoms with Gasteiger partial charge in [0, 0.05) is 17.9 Å². The van der Waals surface area contributed by atoms with Crippen molar-refractivity contribution in [3.8, 4) is 5.75 Å². The van der Waals surface area contributed by atoms with Crippen molar-refractivity contribution in [3.05, 3.63) is 59.9 Å². The number of nitrogens with zero attached hydrogens (tertiary/aromatic N) is 3. The van der Waals surface area contributed by atoms with E-state index in [0.29, 0.717) is 29.8 Å². The number of ether oxygens (including phenoxy) is 1. The van der Waals surface area contributed by atoms with E-state index in [-0.39, 0.29) is 24.0 Å². The molecule has 0 spiro atoms. The molecule has 174 valence electrons. The molecular formula is C24H29N5O3S. The maximum absolute atomic E-state index is 12.5. The van der Waals surface area contributed by atoms with E-state index in [1.165, 1.54) is 11.8 Å². The Balaban J connectivity index is 1.56. The number of para-hydroxylation sites is 1. The minimum atomic E-state index is -0.188. The lowest BCUT2D eigenvalue weighted by Crippen LogP contribution is -2.18. The molecule has 0 saturated carbocycles. The average molecular weight is 468 g/mol. The highest BCUT2D eigenvalue weighted by Gasteiger charge is 2.16. The van der Waals surface area contributed by atoms with Crippen LogP contribution in [0.4, 0.5) is 11.4 Å². The number of benzene rings is 2. The third-order valence-electron chi connectivity index (χ3n) is 4.88. The van der Waals surface area contributed by atoms with E-state index in [1.54, 1.807) is 12.1 Å². The summed E-state index contributed by atoms with van der Waals surface area (Å²) in [4.78, 5) is 24.9. The molecule has 1 heterocycles. The number of anilines is 2. The predicted octanol–water partition coefficient (Wildman–Crippen LogP) is 4.17. The number of carbonyl (C=O) groups is 2. The quantitative estimate of drug-likeness (QED) is 0.411. The summed E-state index contributed by atoms with van der Waals surface area (Å²) in [6.45, 7) is 7.12. The number of rotatable bonds is 11. The van der Waals surface area contributed by atoms with E-state index in [0.717, 1.165) is 23.4 Å². The zero-order chi connectivity index (χ0) is 23.6. The minimum absolute atomic E-state index is 0.0880. The van der Waals surface area contributed by atoms with Crippen molar-refractivity contribution in [2.45, 2.75) is 45.3 Å². The number of aryl methyl sites for hydroxylation is 1. The number of thioether (sulfide) groups is 1. The first-order valence-corrected chi connectivity index (χ1v) is 12.0. The molecule has 3 aromatic rings. The molecule has 0 aliphatic heterocycles. The molecule has 0 unspecified atom stereocenters. The number of nitrogens with one attached hydrogen (secondary N) is 2. The molecule has 2 aromatic carbocycles. The van der Waals surface area contributed by atoms with Gasteiger partial charge in [-0.2, -0.15) is 0 Å². The first-order valence-electron chi connectivity index (χ1n) is 11.0. The Kier molecular flexibility index (Phi) is 8.88. The summed E-state index contributed by atoms with van der Waals surface area (Å²) >= 11 is 1.30. The van der Waals surface area contributed by atoms with E-state index in [9.17, 15) is 9.59 Å². The molecule has 0 bridgehead atoms. The van der Waals surface area contributed by atoms with Crippen LogP contribution in [0.3, 0.4) is 0 Å². The lowest BCUT2D eigenvalue weighted by atomic mass is 10.1. The second kappa shape index (κ2) is 12.1. The highest BCUT2D eigenvalue weighted by molar-refractivity contribution is 7.99. The molecular weight excluding hydrogens is 438 g/mol. The van der Waals surface area contributed by atoms with Crippen LogP contribution in [0.5, 0.6) is 5.75 Å². The van der Waals surface area contributed by atoms with Crippen LogP contribution in [0.2, 0.25) is 0 Å². The SMILES string of the molecule is CCOc1ccc(NC(=O)Cc2nnc(SCC(=O)Nc3ccccc3CC)n2CC)cc1. The lowest BCUT2D eigenvalue weighted by Gasteiger charge is -2.10. The predicted molar refractivity (Wildman–Crippen MR) is 131 cm³/mol. The van der Waals surface area contributed by atoms with Gasteiger partial charge in [0.15, 0.2) is 5.16 Å². The highest BCUT2D eigenvalue weighted by Crippen LogP contribution is 2.20. The summed E-state index contributed by atoms with van der Waals surface area (Å²) in [5.41, 5.74) is 2.60. The average Bonchev–Trinajstić information content (AvgIpc) is 3.20. The fourth-order valence-electron chi connectivity index (χ4n) is 3.29. The second-order valence-corrected chi connectivity index (χ2v) is 8.12. The maximum Gasteiger partial charge on any atom is 0.234 e. The second-order valence-electron chi connectivity index (χ2n) is 7.17. The van der Waals surface area contributed by atoms with Gasteiger partial charge < -0.3 is 19.9 Å².